The summed E-state index contributed by atoms with van der Waals surface area (Å²) < 4.78 is 0. The van der Waals surface area contributed by atoms with Gasteiger partial charge in [0.25, 0.3) is 0 Å². The van der Waals surface area contributed by atoms with E-state index in [4.69, 9.17) is 5.73 Å². The second kappa shape index (κ2) is 2.73. The SMILES string of the molecule is CC(=O)N1CC2CC(N)CC2C1. The summed E-state index contributed by atoms with van der Waals surface area (Å²) in [6, 6.07) is 0.397. The zero-order valence-electron chi connectivity index (χ0n) is 7.49. The first-order valence-electron chi connectivity index (χ1n) is 4.68. The van der Waals surface area contributed by atoms with Crippen molar-refractivity contribution in [3.05, 3.63) is 0 Å². The number of rotatable bonds is 0. The van der Waals surface area contributed by atoms with Crippen molar-refractivity contribution in [1.82, 2.24) is 4.90 Å². The van der Waals surface area contributed by atoms with E-state index in [9.17, 15) is 4.79 Å². The lowest BCUT2D eigenvalue weighted by Gasteiger charge is -2.15. The lowest BCUT2D eigenvalue weighted by molar-refractivity contribution is -0.128. The van der Waals surface area contributed by atoms with Gasteiger partial charge in [-0.1, -0.05) is 0 Å². The van der Waals surface area contributed by atoms with Crippen LogP contribution in [-0.4, -0.2) is 29.9 Å². The van der Waals surface area contributed by atoms with Crippen LogP contribution in [0.2, 0.25) is 0 Å². The Morgan fingerprint density at radius 2 is 1.83 bits per heavy atom. The topological polar surface area (TPSA) is 46.3 Å². The van der Waals surface area contributed by atoms with E-state index in [0.717, 1.165) is 25.9 Å². The predicted octanol–water partition coefficient (Wildman–Crippen LogP) is 0.202. The van der Waals surface area contributed by atoms with Gasteiger partial charge in [-0.05, 0) is 24.7 Å². The van der Waals surface area contributed by atoms with Crippen LogP contribution in [-0.2, 0) is 4.79 Å². The summed E-state index contributed by atoms with van der Waals surface area (Å²) in [5.41, 5.74) is 5.84. The second-order valence-corrected chi connectivity index (χ2v) is 4.18. The maximum Gasteiger partial charge on any atom is 0.219 e. The molecule has 1 heterocycles. The Kier molecular flexibility index (Phi) is 1.83. The van der Waals surface area contributed by atoms with Crippen LogP contribution < -0.4 is 5.73 Å². The first kappa shape index (κ1) is 8.05. The molecule has 2 atom stereocenters. The van der Waals surface area contributed by atoms with Crippen molar-refractivity contribution in [2.45, 2.75) is 25.8 Å². The molecule has 1 aliphatic heterocycles. The number of hydrogen-bond acceptors (Lipinski definition) is 2. The Bertz CT molecular complexity index is 191. The smallest absolute Gasteiger partial charge is 0.219 e. The van der Waals surface area contributed by atoms with Crippen molar-refractivity contribution in [2.75, 3.05) is 13.1 Å². The Morgan fingerprint density at radius 3 is 2.25 bits per heavy atom. The molecular weight excluding hydrogens is 152 g/mol. The minimum Gasteiger partial charge on any atom is -0.342 e. The fourth-order valence-electron chi connectivity index (χ4n) is 2.60. The molecule has 68 valence electrons. The van der Waals surface area contributed by atoms with Crippen LogP contribution in [0.5, 0.6) is 0 Å². The third kappa shape index (κ3) is 1.22. The fraction of sp³-hybridized carbons (Fsp3) is 0.889. The molecule has 3 nitrogen and oxygen atoms in total. The van der Waals surface area contributed by atoms with Crippen LogP contribution in [0, 0.1) is 11.8 Å². The van der Waals surface area contributed by atoms with Gasteiger partial charge in [-0.15, -0.1) is 0 Å². The number of likely N-dealkylation sites (tertiary alicyclic amines) is 1. The Balaban J connectivity index is 1.98. The molecule has 0 aromatic rings. The molecule has 12 heavy (non-hydrogen) atoms. The first-order valence-corrected chi connectivity index (χ1v) is 4.68. The standard InChI is InChI=1S/C9H16N2O/c1-6(12)11-4-7-2-9(10)3-8(7)5-11/h7-9H,2-5,10H2,1H3. The highest BCUT2D eigenvalue weighted by atomic mass is 16.2. The Labute approximate surface area is 72.9 Å². The molecule has 1 aliphatic carbocycles. The van der Waals surface area contributed by atoms with Crippen LogP contribution in [0.4, 0.5) is 0 Å². The molecule has 1 amide bonds. The number of carbonyl (C=O) groups is 1. The maximum atomic E-state index is 11.1. The van der Waals surface area contributed by atoms with Crippen molar-refractivity contribution in [2.24, 2.45) is 17.6 Å². The van der Waals surface area contributed by atoms with E-state index in [0.29, 0.717) is 17.9 Å². The number of nitrogens with two attached hydrogens (primary N) is 1. The molecule has 1 saturated carbocycles. The van der Waals surface area contributed by atoms with Crippen LogP contribution in [0.1, 0.15) is 19.8 Å². The highest BCUT2D eigenvalue weighted by Crippen LogP contribution is 2.36. The van der Waals surface area contributed by atoms with Gasteiger partial charge in [0.1, 0.15) is 0 Å². The van der Waals surface area contributed by atoms with E-state index in [2.05, 4.69) is 0 Å². The number of fused-ring (bicyclic) bond motifs is 1. The van der Waals surface area contributed by atoms with Crippen LogP contribution in [0.3, 0.4) is 0 Å². The van der Waals surface area contributed by atoms with Gasteiger partial charge in [0.05, 0.1) is 0 Å². The minimum atomic E-state index is 0.220. The summed E-state index contributed by atoms with van der Waals surface area (Å²) in [6.45, 7) is 3.56. The quantitative estimate of drug-likeness (QED) is 0.561. The molecule has 2 aliphatic rings. The lowest BCUT2D eigenvalue weighted by atomic mass is 10.0. The van der Waals surface area contributed by atoms with Crippen LogP contribution in [0.25, 0.3) is 0 Å². The van der Waals surface area contributed by atoms with Gasteiger partial charge in [-0.2, -0.15) is 0 Å². The van der Waals surface area contributed by atoms with Crippen molar-refractivity contribution in [1.29, 1.82) is 0 Å². The highest BCUT2D eigenvalue weighted by Gasteiger charge is 2.40. The summed E-state index contributed by atoms with van der Waals surface area (Å²) in [6.07, 6.45) is 2.24. The Morgan fingerprint density at radius 1 is 1.33 bits per heavy atom. The Hall–Kier alpha value is -0.570. The van der Waals surface area contributed by atoms with Crippen LogP contribution in [0.15, 0.2) is 0 Å². The zero-order valence-corrected chi connectivity index (χ0v) is 7.49. The predicted molar refractivity (Wildman–Crippen MR) is 46.4 cm³/mol. The van der Waals surface area contributed by atoms with Crippen molar-refractivity contribution < 1.29 is 4.79 Å². The number of amides is 1. The number of hydrogen-bond donors (Lipinski definition) is 1. The molecule has 2 fully saturated rings. The van der Waals surface area contributed by atoms with Crippen molar-refractivity contribution in [3.8, 4) is 0 Å². The molecule has 2 rings (SSSR count). The monoisotopic (exact) mass is 168 g/mol. The second-order valence-electron chi connectivity index (χ2n) is 4.18. The number of nitrogens with zero attached hydrogens (tertiary/aromatic N) is 1. The average molecular weight is 168 g/mol. The molecule has 0 radical (unpaired) electrons. The normalized spacial score (nSPS) is 40.2. The van der Waals surface area contributed by atoms with Gasteiger partial charge in [-0.3, -0.25) is 4.79 Å². The molecule has 0 bridgehead atoms. The van der Waals surface area contributed by atoms with Crippen LogP contribution >= 0.6 is 0 Å². The van der Waals surface area contributed by atoms with E-state index in [1.165, 1.54) is 0 Å². The summed E-state index contributed by atoms with van der Waals surface area (Å²) in [5, 5.41) is 0. The summed E-state index contributed by atoms with van der Waals surface area (Å²) in [7, 11) is 0. The van der Waals surface area contributed by atoms with E-state index in [1.54, 1.807) is 6.92 Å². The third-order valence-electron chi connectivity index (χ3n) is 3.23. The van der Waals surface area contributed by atoms with Gasteiger partial charge in [0, 0.05) is 26.1 Å². The largest absolute Gasteiger partial charge is 0.342 e. The minimum absolute atomic E-state index is 0.220. The van der Waals surface area contributed by atoms with Gasteiger partial charge < -0.3 is 10.6 Å². The van der Waals surface area contributed by atoms with E-state index < -0.39 is 0 Å². The zero-order chi connectivity index (χ0) is 8.72. The molecule has 3 heteroatoms. The molecule has 1 saturated heterocycles. The first-order chi connectivity index (χ1) is 5.66. The van der Waals surface area contributed by atoms with Gasteiger partial charge >= 0.3 is 0 Å². The fourth-order valence-corrected chi connectivity index (χ4v) is 2.60. The maximum absolute atomic E-state index is 11.1. The third-order valence-corrected chi connectivity index (χ3v) is 3.23. The van der Waals surface area contributed by atoms with Crippen molar-refractivity contribution >= 4 is 5.91 Å². The van der Waals surface area contributed by atoms with E-state index in [1.807, 2.05) is 4.90 Å². The molecule has 2 N–H and O–H groups in total. The number of carbonyl (C=O) groups excluding carboxylic acids is 1. The van der Waals surface area contributed by atoms with Crippen molar-refractivity contribution in [3.63, 3.8) is 0 Å². The summed E-state index contributed by atoms with van der Waals surface area (Å²) >= 11 is 0. The highest BCUT2D eigenvalue weighted by molar-refractivity contribution is 5.73. The van der Waals surface area contributed by atoms with Gasteiger partial charge in [0.2, 0.25) is 5.91 Å². The summed E-state index contributed by atoms with van der Waals surface area (Å²) in [4.78, 5) is 13.0. The summed E-state index contributed by atoms with van der Waals surface area (Å²) in [5.74, 6) is 1.62. The molecule has 2 unspecified atom stereocenters. The lowest BCUT2D eigenvalue weighted by Crippen LogP contribution is -2.29. The molecule has 0 aromatic carbocycles. The van der Waals surface area contributed by atoms with E-state index in [-0.39, 0.29) is 5.91 Å². The van der Waals surface area contributed by atoms with Gasteiger partial charge in [-0.25, -0.2) is 0 Å². The molecule has 0 aromatic heterocycles. The average Bonchev–Trinajstić information content (AvgIpc) is 2.42. The van der Waals surface area contributed by atoms with Gasteiger partial charge in [0.15, 0.2) is 0 Å². The van der Waals surface area contributed by atoms with E-state index >= 15 is 0 Å². The molecular formula is C9H16N2O. The molecule has 0 spiro atoms.